The maximum atomic E-state index is 5.70. The van der Waals surface area contributed by atoms with Crippen molar-refractivity contribution in [1.82, 2.24) is 4.98 Å². The second kappa shape index (κ2) is 3.97. The summed E-state index contributed by atoms with van der Waals surface area (Å²) in [6.45, 7) is 6.27. The van der Waals surface area contributed by atoms with E-state index in [2.05, 4.69) is 37.0 Å². The highest BCUT2D eigenvalue weighted by atomic mass is 14.7. The van der Waals surface area contributed by atoms with Crippen LogP contribution < -0.4 is 5.73 Å². The van der Waals surface area contributed by atoms with Crippen molar-refractivity contribution in [3.05, 3.63) is 47.2 Å². The van der Waals surface area contributed by atoms with Gasteiger partial charge in [0.1, 0.15) is 0 Å². The molecule has 2 heteroatoms. The van der Waals surface area contributed by atoms with Gasteiger partial charge in [-0.25, -0.2) is 0 Å². The Bertz CT molecular complexity index is 530. The summed E-state index contributed by atoms with van der Waals surface area (Å²) < 4.78 is 0. The van der Waals surface area contributed by atoms with E-state index in [1.165, 1.54) is 11.1 Å². The van der Waals surface area contributed by atoms with E-state index < -0.39 is 0 Å². The largest absolute Gasteiger partial charge is 0.397 e. The maximum Gasteiger partial charge on any atom is 0.0732 e. The van der Waals surface area contributed by atoms with Gasteiger partial charge in [0.2, 0.25) is 0 Å². The summed E-state index contributed by atoms with van der Waals surface area (Å²) >= 11 is 0. The molecule has 0 spiro atoms. The Balaban J connectivity index is 2.54. The summed E-state index contributed by atoms with van der Waals surface area (Å²) in [6, 6.07) is 8.36. The average molecular weight is 212 g/mol. The number of aromatic nitrogens is 1. The van der Waals surface area contributed by atoms with Crippen molar-refractivity contribution in [2.45, 2.75) is 20.8 Å². The molecule has 0 fully saturated rings. The fraction of sp³-hybridized carbons (Fsp3) is 0.214. The zero-order chi connectivity index (χ0) is 11.7. The van der Waals surface area contributed by atoms with Crippen LogP contribution in [-0.4, -0.2) is 4.98 Å². The number of nitrogens with two attached hydrogens (primary N) is 1. The van der Waals surface area contributed by atoms with E-state index in [4.69, 9.17) is 5.73 Å². The van der Waals surface area contributed by atoms with Gasteiger partial charge in [-0.1, -0.05) is 12.1 Å². The smallest absolute Gasteiger partial charge is 0.0732 e. The van der Waals surface area contributed by atoms with Crippen LogP contribution in [0, 0.1) is 20.8 Å². The Morgan fingerprint density at radius 1 is 0.938 bits per heavy atom. The molecule has 16 heavy (non-hydrogen) atoms. The van der Waals surface area contributed by atoms with Gasteiger partial charge in [-0.3, -0.25) is 4.98 Å². The standard InChI is InChI=1S/C14H16N2/c1-9-4-5-12(6-10(9)2)14-11(3)7-13(15)8-16-14/h4-8H,15H2,1-3H3. The number of aryl methyl sites for hydroxylation is 3. The Labute approximate surface area is 96.1 Å². The predicted octanol–water partition coefficient (Wildman–Crippen LogP) is 3.26. The molecule has 0 saturated heterocycles. The molecule has 1 aromatic heterocycles. The second-order valence-electron chi connectivity index (χ2n) is 4.23. The topological polar surface area (TPSA) is 38.9 Å². The summed E-state index contributed by atoms with van der Waals surface area (Å²) in [4.78, 5) is 4.39. The number of hydrogen-bond acceptors (Lipinski definition) is 2. The molecule has 0 amide bonds. The first-order chi connectivity index (χ1) is 7.58. The lowest BCUT2D eigenvalue weighted by atomic mass is 10.0. The fourth-order valence-electron chi connectivity index (χ4n) is 1.79. The van der Waals surface area contributed by atoms with Crippen LogP contribution in [0.25, 0.3) is 11.3 Å². The summed E-state index contributed by atoms with van der Waals surface area (Å²) in [7, 11) is 0. The molecule has 0 radical (unpaired) electrons. The van der Waals surface area contributed by atoms with Gasteiger partial charge in [0.25, 0.3) is 0 Å². The third-order valence-corrected chi connectivity index (χ3v) is 2.88. The molecule has 0 unspecified atom stereocenters. The van der Waals surface area contributed by atoms with Gasteiger partial charge in [-0.15, -0.1) is 0 Å². The van der Waals surface area contributed by atoms with Gasteiger partial charge in [0, 0.05) is 5.56 Å². The van der Waals surface area contributed by atoms with E-state index in [0.29, 0.717) is 5.69 Å². The van der Waals surface area contributed by atoms with Gasteiger partial charge < -0.3 is 5.73 Å². The Kier molecular flexibility index (Phi) is 2.65. The third kappa shape index (κ3) is 1.91. The molecular formula is C14H16N2. The number of pyridine rings is 1. The first-order valence-corrected chi connectivity index (χ1v) is 5.37. The third-order valence-electron chi connectivity index (χ3n) is 2.88. The van der Waals surface area contributed by atoms with Crippen molar-refractivity contribution < 1.29 is 0 Å². The molecule has 0 aliphatic carbocycles. The molecule has 0 saturated carbocycles. The van der Waals surface area contributed by atoms with E-state index in [-0.39, 0.29) is 0 Å². The van der Waals surface area contributed by atoms with E-state index in [0.717, 1.165) is 16.8 Å². The molecule has 2 aromatic rings. The van der Waals surface area contributed by atoms with Gasteiger partial charge in [-0.05, 0) is 49.6 Å². The van der Waals surface area contributed by atoms with E-state index in [1.807, 2.05) is 13.0 Å². The SMILES string of the molecule is Cc1ccc(-c2ncc(N)cc2C)cc1C. The molecule has 1 aromatic carbocycles. The molecule has 2 N–H and O–H groups in total. The summed E-state index contributed by atoms with van der Waals surface area (Å²) in [5, 5.41) is 0. The van der Waals surface area contributed by atoms with E-state index >= 15 is 0 Å². The van der Waals surface area contributed by atoms with Crippen LogP contribution in [0.15, 0.2) is 30.5 Å². The summed E-state index contributed by atoms with van der Waals surface area (Å²) in [5.41, 5.74) is 12.3. The second-order valence-corrected chi connectivity index (χ2v) is 4.23. The number of hydrogen-bond donors (Lipinski definition) is 1. The molecule has 2 nitrogen and oxygen atoms in total. The maximum absolute atomic E-state index is 5.70. The number of rotatable bonds is 1. The lowest BCUT2D eigenvalue weighted by molar-refractivity contribution is 1.26. The van der Waals surface area contributed by atoms with Crippen LogP contribution in [0.1, 0.15) is 16.7 Å². The van der Waals surface area contributed by atoms with Crippen molar-refractivity contribution >= 4 is 5.69 Å². The van der Waals surface area contributed by atoms with Crippen LogP contribution in [0.2, 0.25) is 0 Å². The molecule has 1 heterocycles. The Morgan fingerprint density at radius 2 is 1.69 bits per heavy atom. The van der Waals surface area contributed by atoms with Crippen LogP contribution in [0.5, 0.6) is 0 Å². The van der Waals surface area contributed by atoms with Crippen molar-refractivity contribution in [1.29, 1.82) is 0 Å². The zero-order valence-corrected chi connectivity index (χ0v) is 9.91. The van der Waals surface area contributed by atoms with Crippen LogP contribution >= 0.6 is 0 Å². The lowest BCUT2D eigenvalue weighted by Gasteiger charge is -2.08. The highest BCUT2D eigenvalue weighted by molar-refractivity contribution is 5.65. The van der Waals surface area contributed by atoms with Crippen molar-refractivity contribution in [2.24, 2.45) is 0 Å². The molecule has 82 valence electrons. The minimum Gasteiger partial charge on any atom is -0.397 e. The average Bonchev–Trinajstić information content (AvgIpc) is 2.22. The van der Waals surface area contributed by atoms with E-state index in [9.17, 15) is 0 Å². The highest BCUT2D eigenvalue weighted by Gasteiger charge is 2.04. The van der Waals surface area contributed by atoms with Gasteiger partial charge >= 0.3 is 0 Å². The number of benzene rings is 1. The van der Waals surface area contributed by atoms with Crippen LogP contribution in [0.3, 0.4) is 0 Å². The van der Waals surface area contributed by atoms with Gasteiger partial charge in [0.05, 0.1) is 17.6 Å². The van der Waals surface area contributed by atoms with Crippen molar-refractivity contribution in [2.75, 3.05) is 5.73 Å². The molecule has 0 aliphatic rings. The molecular weight excluding hydrogens is 196 g/mol. The number of anilines is 1. The number of nitrogen functional groups attached to an aromatic ring is 1. The minimum absolute atomic E-state index is 0.713. The first kappa shape index (κ1) is 10.7. The van der Waals surface area contributed by atoms with Crippen molar-refractivity contribution in [3.63, 3.8) is 0 Å². The normalized spacial score (nSPS) is 10.4. The zero-order valence-electron chi connectivity index (χ0n) is 9.91. The van der Waals surface area contributed by atoms with Gasteiger partial charge in [-0.2, -0.15) is 0 Å². The molecule has 0 aliphatic heterocycles. The minimum atomic E-state index is 0.713. The summed E-state index contributed by atoms with van der Waals surface area (Å²) in [6.07, 6.45) is 1.71. The highest BCUT2D eigenvalue weighted by Crippen LogP contribution is 2.24. The molecule has 0 atom stereocenters. The lowest BCUT2D eigenvalue weighted by Crippen LogP contribution is -1.93. The first-order valence-electron chi connectivity index (χ1n) is 5.37. The molecule has 0 bridgehead atoms. The predicted molar refractivity (Wildman–Crippen MR) is 68.3 cm³/mol. The fourth-order valence-corrected chi connectivity index (χ4v) is 1.79. The molecule has 2 rings (SSSR count). The Morgan fingerprint density at radius 3 is 2.31 bits per heavy atom. The van der Waals surface area contributed by atoms with E-state index in [1.54, 1.807) is 6.20 Å². The van der Waals surface area contributed by atoms with Crippen LogP contribution in [0.4, 0.5) is 5.69 Å². The summed E-state index contributed by atoms with van der Waals surface area (Å²) in [5.74, 6) is 0. The monoisotopic (exact) mass is 212 g/mol. The quantitative estimate of drug-likeness (QED) is 0.788. The number of nitrogens with zero attached hydrogens (tertiary/aromatic N) is 1. The van der Waals surface area contributed by atoms with Gasteiger partial charge in [0.15, 0.2) is 0 Å². The Hall–Kier alpha value is -1.83. The van der Waals surface area contributed by atoms with Crippen LogP contribution in [-0.2, 0) is 0 Å². The van der Waals surface area contributed by atoms with Crippen molar-refractivity contribution in [3.8, 4) is 11.3 Å².